The number of amides is 2. The first-order chi connectivity index (χ1) is 12.5. The Kier molecular flexibility index (Phi) is 5.11. The number of ether oxygens (including phenoxy) is 2. The number of carbonyl (C=O) groups is 2. The van der Waals surface area contributed by atoms with E-state index in [1.165, 1.54) is 0 Å². The molecular formula is C20H22N2O4. The van der Waals surface area contributed by atoms with Crippen molar-refractivity contribution >= 4 is 23.2 Å². The van der Waals surface area contributed by atoms with Crippen molar-refractivity contribution in [1.82, 2.24) is 0 Å². The van der Waals surface area contributed by atoms with Gasteiger partial charge < -0.3 is 19.7 Å². The predicted molar refractivity (Wildman–Crippen MR) is 99.8 cm³/mol. The molecule has 1 atom stereocenters. The molecule has 0 aliphatic carbocycles. The van der Waals surface area contributed by atoms with Crippen LogP contribution >= 0.6 is 0 Å². The Morgan fingerprint density at radius 3 is 2.50 bits per heavy atom. The van der Waals surface area contributed by atoms with Crippen molar-refractivity contribution in [3.8, 4) is 11.5 Å². The second kappa shape index (κ2) is 7.47. The van der Waals surface area contributed by atoms with Crippen LogP contribution in [0.2, 0.25) is 0 Å². The normalized spacial score (nSPS) is 16.5. The highest BCUT2D eigenvalue weighted by Crippen LogP contribution is 2.36. The fourth-order valence-corrected chi connectivity index (χ4v) is 3.01. The van der Waals surface area contributed by atoms with Crippen molar-refractivity contribution in [2.75, 3.05) is 31.0 Å². The van der Waals surface area contributed by atoms with Gasteiger partial charge in [0.25, 0.3) is 0 Å². The molecule has 6 heteroatoms. The highest BCUT2D eigenvalue weighted by Gasteiger charge is 2.36. The number of nitrogens with one attached hydrogen (secondary N) is 1. The molecule has 0 spiro atoms. The van der Waals surface area contributed by atoms with E-state index in [2.05, 4.69) is 5.32 Å². The van der Waals surface area contributed by atoms with Gasteiger partial charge in [-0.05, 0) is 31.2 Å². The number of hydrogen-bond acceptors (Lipinski definition) is 4. The fraction of sp³-hybridized carbons (Fsp3) is 0.300. The van der Waals surface area contributed by atoms with Crippen molar-refractivity contribution in [2.45, 2.75) is 13.3 Å². The van der Waals surface area contributed by atoms with Crippen molar-refractivity contribution in [3.63, 3.8) is 0 Å². The lowest BCUT2D eigenvalue weighted by molar-refractivity contribution is -0.122. The van der Waals surface area contributed by atoms with E-state index >= 15 is 0 Å². The number of carbonyl (C=O) groups excluding carboxylic acids is 2. The molecule has 2 aromatic carbocycles. The van der Waals surface area contributed by atoms with Gasteiger partial charge in [0.15, 0.2) is 0 Å². The van der Waals surface area contributed by atoms with Gasteiger partial charge in [0, 0.05) is 24.7 Å². The summed E-state index contributed by atoms with van der Waals surface area (Å²) in [6.45, 7) is 2.31. The predicted octanol–water partition coefficient (Wildman–Crippen LogP) is 3.00. The van der Waals surface area contributed by atoms with Gasteiger partial charge in [0.1, 0.15) is 11.5 Å². The molecular weight excluding hydrogens is 332 g/mol. The first kappa shape index (κ1) is 17.8. The Morgan fingerprint density at radius 2 is 1.85 bits per heavy atom. The van der Waals surface area contributed by atoms with Gasteiger partial charge in [-0.2, -0.15) is 0 Å². The third kappa shape index (κ3) is 3.64. The van der Waals surface area contributed by atoms with Crippen LogP contribution in [0, 0.1) is 12.8 Å². The highest BCUT2D eigenvalue weighted by molar-refractivity contribution is 6.04. The quantitative estimate of drug-likeness (QED) is 0.896. The van der Waals surface area contributed by atoms with Gasteiger partial charge in [0.05, 0.1) is 25.8 Å². The van der Waals surface area contributed by atoms with E-state index in [0.29, 0.717) is 23.7 Å². The van der Waals surface area contributed by atoms with Crippen LogP contribution in [0.4, 0.5) is 11.4 Å². The van der Waals surface area contributed by atoms with E-state index < -0.39 is 5.92 Å². The molecule has 6 nitrogen and oxygen atoms in total. The Morgan fingerprint density at radius 1 is 1.12 bits per heavy atom. The summed E-state index contributed by atoms with van der Waals surface area (Å²) in [7, 11) is 3.11. The minimum atomic E-state index is -0.407. The van der Waals surface area contributed by atoms with Crippen LogP contribution in [-0.2, 0) is 9.59 Å². The van der Waals surface area contributed by atoms with Crippen molar-refractivity contribution in [2.24, 2.45) is 5.92 Å². The Balaban J connectivity index is 1.74. The molecule has 26 heavy (non-hydrogen) atoms. The molecule has 136 valence electrons. The van der Waals surface area contributed by atoms with Crippen molar-refractivity contribution in [3.05, 3.63) is 48.0 Å². The van der Waals surface area contributed by atoms with Gasteiger partial charge in [-0.25, -0.2) is 0 Å². The smallest absolute Gasteiger partial charge is 0.229 e. The molecule has 2 aromatic rings. The Hall–Kier alpha value is -3.02. The molecule has 2 amide bonds. The van der Waals surface area contributed by atoms with Crippen molar-refractivity contribution in [1.29, 1.82) is 0 Å². The molecule has 1 aliphatic heterocycles. The van der Waals surface area contributed by atoms with Crippen LogP contribution in [0.15, 0.2) is 42.5 Å². The van der Waals surface area contributed by atoms with Gasteiger partial charge in [-0.15, -0.1) is 0 Å². The number of rotatable bonds is 5. The first-order valence-corrected chi connectivity index (χ1v) is 8.41. The number of benzene rings is 2. The summed E-state index contributed by atoms with van der Waals surface area (Å²) >= 11 is 0. The van der Waals surface area contributed by atoms with E-state index in [1.54, 1.807) is 37.3 Å². The summed E-state index contributed by atoms with van der Waals surface area (Å²) in [5.41, 5.74) is 2.49. The average Bonchev–Trinajstić information content (AvgIpc) is 3.04. The van der Waals surface area contributed by atoms with E-state index in [0.717, 1.165) is 11.3 Å². The molecule has 0 radical (unpaired) electrons. The van der Waals surface area contributed by atoms with Crippen LogP contribution in [0.5, 0.6) is 11.5 Å². The summed E-state index contributed by atoms with van der Waals surface area (Å²) in [5, 5.41) is 2.88. The topological polar surface area (TPSA) is 67.9 Å². The molecule has 0 aromatic heterocycles. The minimum absolute atomic E-state index is 0.0995. The van der Waals surface area contributed by atoms with E-state index in [-0.39, 0.29) is 18.2 Å². The van der Waals surface area contributed by atoms with E-state index in [4.69, 9.17) is 9.47 Å². The maximum absolute atomic E-state index is 12.5. The monoisotopic (exact) mass is 354 g/mol. The van der Waals surface area contributed by atoms with Gasteiger partial charge in [-0.3, -0.25) is 9.59 Å². The Bertz CT molecular complexity index is 817. The standard InChI is InChI=1S/C20H22N2O4/c1-13-4-6-15(7-5-13)21-20(24)14-10-19(23)22(12-14)17-9-8-16(25-2)11-18(17)26-3/h4-9,11,14H,10,12H2,1-3H3,(H,21,24)/t14-/m0/s1. The largest absolute Gasteiger partial charge is 0.497 e. The van der Waals surface area contributed by atoms with Crippen molar-refractivity contribution < 1.29 is 19.1 Å². The molecule has 0 saturated carbocycles. The van der Waals surface area contributed by atoms with Crippen LogP contribution in [0.3, 0.4) is 0 Å². The SMILES string of the molecule is COc1ccc(N2C[C@@H](C(=O)Nc3ccc(C)cc3)CC2=O)c(OC)c1. The summed E-state index contributed by atoms with van der Waals surface area (Å²) < 4.78 is 10.6. The summed E-state index contributed by atoms with van der Waals surface area (Å²) in [4.78, 5) is 26.6. The average molecular weight is 354 g/mol. The molecule has 1 aliphatic rings. The third-order valence-corrected chi connectivity index (χ3v) is 4.49. The minimum Gasteiger partial charge on any atom is -0.497 e. The van der Waals surface area contributed by atoms with Gasteiger partial charge >= 0.3 is 0 Å². The van der Waals surface area contributed by atoms with Crippen LogP contribution in [0.1, 0.15) is 12.0 Å². The fourth-order valence-electron chi connectivity index (χ4n) is 3.01. The highest BCUT2D eigenvalue weighted by atomic mass is 16.5. The zero-order valence-electron chi connectivity index (χ0n) is 15.1. The Labute approximate surface area is 152 Å². The van der Waals surface area contributed by atoms with Crippen LogP contribution in [0.25, 0.3) is 0 Å². The zero-order chi connectivity index (χ0) is 18.7. The lowest BCUT2D eigenvalue weighted by atomic mass is 10.1. The number of anilines is 2. The number of aryl methyl sites for hydroxylation is 1. The van der Waals surface area contributed by atoms with Crippen LogP contribution < -0.4 is 19.7 Å². The van der Waals surface area contributed by atoms with Gasteiger partial charge in [0.2, 0.25) is 11.8 Å². The summed E-state index contributed by atoms with van der Waals surface area (Å²) in [6.07, 6.45) is 0.173. The maximum Gasteiger partial charge on any atom is 0.229 e. The van der Waals surface area contributed by atoms with E-state index in [1.807, 2.05) is 31.2 Å². The molecule has 1 fully saturated rings. The second-order valence-corrected chi connectivity index (χ2v) is 6.30. The van der Waals surface area contributed by atoms with Crippen LogP contribution in [-0.4, -0.2) is 32.6 Å². The molecule has 0 unspecified atom stereocenters. The summed E-state index contributed by atoms with van der Waals surface area (Å²) in [6, 6.07) is 12.8. The summed E-state index contributed by atoms with van der Waals surface area (Å²) in [5.74, 6) is 0.522. The lowest BCUT2D eigenvalue weighted by Crippen LogP contribution is -2.28. The molecule has 1 saturated heterocycles. The lowest BCUT2D eigenvalue weighted by Gasteiger charge is -2.20. The number of methoxy groups -OCH3 is 2. The molecule has 3 rings (SSSR count). The maximum atomic E-state index is 12.5. The number of nitrogens with zero attached hydrogens (tertiary/aromatic N) is 1. The molecule has 0 bridgehead atoms. The zero-order valence-corrected chi connectivity index (χ0v) is 15.1. The third-order valence-electron chi connectivity index (χ3n) is 4.49. The first-order valence-electron chi connectivity index (χ1n) is 8.41. The van der Waals surface area contributed by atoms with Gasteiger partial charge in [-0.1, -0.05) is 17.7 Å². The second-order valence-electron chi connectivity index (χ2n) is 6.30. The molecule has 1 heterocycles. The number of hydrogen-bond donors (Lipinski definition) is 1. The van der Waals surface area contributed by atoms with E-state index in [9.17, 15) is 9.59 Å². The molecule has 1 N–H and O–H groups in total.